The third-order valence-corrected chi connectivity index (χ3v) is 3.97. The molecule has 0 radical (unpaired) electrons. The van der Waals surface area contributed by atoms with Crippen molar-refractivity contribution in [1.82, 2.24) is 4.90 Å². The van der Waals surface area contributed by atoms with Crippen molar-refractivity contribution in [2.45, 2.75) is 33.6 Å². The predicted octanol–water partition coefficient (Wildman–Crippen LogP) is 3.40. The summed E-state index contributed by atoms with van der Waals surface area (Å²) in [7, 11) is 0. The second-order valence-corrected chi connectivity index (χ2v) is 5.93. The van der Waals surface area contributed by atoms with Gasteiger partial charge in [-0.1, -0.05) is 6.92 Å². The zero-order valence-corrected chi connectivity index (χ0v) is 13.9. The number of piperidine rings is 1. The Morgan fingerprint density at radius 2 is 1.95 bits per heavy atom. The van der Waals surface area contributed by atoms with Crippen LogP contribution in [0.5, 0.6) is 11.5 Å². The van der Waals surface area contributed by atoms with Crippen LogP contribution in [-0.2, 0) is 0 Å². The molecule has 0 bridgehead atoms. The lowest BCUT2D eigenvalue weighted by Crippen LogP contribution is -2.37. The summed E-state index contributed by atoms with van der Waals surface area (Å²) in [5.74, 6) is 2.19. The first-order valence-corrected chi connectivity index (χ1v) is 8.29. The second-order valence-electron chi connectivity index (χ2n) is 5.93. The van der Waals surface area contributed by atoms with E-state index in [0.29, 0.717) is 42.7 Å². The molecule has 2 rings (SSSR count). The van der Waals surface area contributed by atoms with Gasteiger partial charge in [0, 0.05) is 12.1 Å². The van der Waals surface area contributed by atoms with Gasteiger partial charge in [-0.05, 0) is 57.4 Å². The quantitative estimate of drug-likeness (QED) is 0.724. The molecule has 1 aromatic rings. The summed E-state index contributed by atoms with van der Waals surface area (Å²) >= 11 is 0. The fourth-order valence-corrected chi connectivity index (χ4v) is 2.95. The molecule has 0 amide bonds. The average Bonchev–Trinajstić information content (AvgIpc) is 2.49. The monoisotopic (exact) mass is 305 g/mol. The lowest BCUT2D eigenvalue weighted by Gasteiger charge is -2.30. The van der Waals surface area contributed by atoms with Gasteiger partial charge < -0.3 is 9.47 Å². The van der Waals surface area contributed by atoms with Gasteiger partial charge in [0.1, 0.15) is 0 Å². The van der Waals surface area contributed by atoms with Gasteiger partial charge in [-0.3, -0.25) is 9.69 Å². The number of hydrogen-bond donors (Lipinski definition) is 0. The highest BCUT2D eigenvalue weighted by Gasteiger charge is 2.20. The third kappa shape index (κ3) is 4.47. The highest BCUT2D eigenvalue weighted by molar-refractivity contribution is 5.98. The third-order valence-electron chi connectivity index (χ3n) is 3.97. The highest BCUT2D eigenvalue weighted by atomic mass is 16.5. The molecule has 0 aromatic heterocycles. The SMILES string of the molecule is CCOc1ccc(C(=O)CN2CCCC(C)C2)cc1OCC. The van der Waals surface area contributed by atoms with E-state index >= 15 is 0 Å². The number of likely N-dealkylation sites (tertiary alicyclic amines) is 1. The van der Waals surface area contributed by atoms with Gasteiger partial charge in [0.2, 0.25) is 0 Å². The molecule has 1 unspecified atom stereocenters. The maximum atomic E-state index is 12.5. The average molecular weight is 305 g/mol. The molecular weight excluding hydrogens is 278 g/mol. The summed E-state index contributed by atoms with van der Waals surface area (Å²) in [5, 5.41) is 0. The van der Waals surface area contributed by atoms with Crippen molar-refractivity contribution in [2.24, 2.45) is 5.92 Å². The zero-order valence-electron chi connectivity index (χ0n) is 13.9. The minimum atomic E-state index is 0.151. The standard InChI is InChI=1S/C18H27NO3/c1-4-21-17-9-8-15(11-18(17)22-5-2)16(20)13-19-10-6-7-14(3)12-19/h8-9,11,14H,4-7,10,12-13H2,1-3H3. The number of benzene rings is 1. The van der Waals surface area contributed by atoms with E-state index in [1.165, 1.54) is 12.8 Å². The second kappa shape index (κ2) is 8.18. The molecular formula is C18H27NO3. The number of carbonyl (C=O) groups is 1. The van der Waals surface area contributed by atoms with Gasteiger partial charge in [0.05, 0.1) is 19.8 Å². The Hall–Kier alpha value is -1.55. The van der Waals surface area contributed by atoms with Gasteiger partial charge in [-0.2, -0.15) is 0 Å². The van der Waals surface area contributed by atoms with Crippen molar-refractivity contribution in [2.75, 3.05) is 32.8 Å². The van der Waals surface area contributed by atoms with Crippen LogP contribution in [0.25, 0.3) is 0 Å². The van der Waals surface area contributed by atoms with Crippen LogP contribution in [0.15, 0.2) is 18.2 Å². The van der Waals surface area contributed by atoms with E-state index in [-0.39, 0.29) is 5.78 Å². The van der Waals surface area contributed by atoms with Gasteiger partial charge in [0.25, 0.3) is 0 Å². The van der Waals surface area contributed by atoms with Crippen LogP contribution in [0.3, 0.4) is 0 Å². The Bertz CT molecular complexity index is 501. The fraction of sp³-hybridized carbons (Fsp3) is 0.611. The predicted molar refractivity (Wildman–Crippen MR) is 87.9 cm³/mol. The first-order chi connectivity index (χ1) is 10.6. The summed E-state index contributed by atoms with van der Waals surface area (Å²) < 4.78 is 11.1. The molecule has 4 nitrogen and oxygen atoms in total. The molecule has 1 atom stereocenters. The Balaban J connectivity index is 2.06. The van der Waals surface area contributed by atoms with Crippen molar-refractivity contribution < 1.29 is 14.3 Å². The zero-order chi connectivity index (χ0) is 15.9. The number of Topliss-reactive ketones (excluding diaryl/α,β-unsaturated/α-hetero) is 1. The van der Waals surface area contributed by atoms with E-state index in [4.69, 9.17) is 9.47 Å². The highest BCUT2D eigenvalue weighted by Crippen LogP contribution is 2.29. The van der Waals surface area contributed by atoms with Gasteiger partial charge in [-0.25, -0.2) is 0 Å². The van der Waals surface area contributed by atoms with Crippen LogP contribution in [0.2, 0.25) is 0 Å². The van der Waals surface area contributed by atoms with Crippen molar-refractivity contribution >= 4 is 5.78 Å². The lowest BCUT2D eigenvalue weighted by molar-refractivity contribution is 0.0892. The Kier molecular flexibility index (Phi) is 6.25. The maximum absolute atomic E-state index is 12.5. The first-order valence-electron chi connectivity index (χ1n) is 8.29. The number of ether oxygens (including phenoxy) is 2. The van der Waals surface area contributed by atoms with E-state index in [9.17, 15) is 4.79 Å². The molecule has 0 aliphatic carbocycles. The van der Waals surface area contributed by atoms with Crippen molar-refractivity contribution in [3.63, 3.8) is 0 Å². The normalized spacial score (nSPS) is 19.0. The summed E-state index contributed by atoms with van der Waals surface area (Å²) in [5.41, 5.74) is 0.699. The number of carbonyl (C=O) groups excluding carboxylic acids is 1. The molecule has 0 saturated carbocycles. The van der Waals surface area contributed by atoms with Crippen LogP contribution in [-0.4, -0.2) is 43.5 Å². The summed E-state index contributed by atoms with van der Waals surface area (Å²) in [6.07, 6.45) is 2.45. The van der Waals surface area contributed by atoms with E-state index in [2.05, 4.69) is 11.8 Å². The van der Waals surface area contributed by atoms with Crippen LogP contribution in [0.4, 0.5) is 0 Å². The molecule has 0 spiro atoms. The number of rotatable bonds is 7. The Morgan fingerprint density at radius 3 is 2.64 bits per heavy atom. The molecule has 1 heterocycles. The van der Waals surface area contributed by atoms with E-state index in [0.717, 1.165) is 13.1 Å². The van der Waals surface area contributed by atoms with Crippen LogP contribution >= 0.6 is 0 Å². The minimum absolute atomic E-state index is 0.151. The van der Waals surface area contributed by atoms with E-state index < -0.39 is 0 Å². The molecule has 1 aliphatic rings. The lowest BCUT2D eigenvalue weighted by atomic mass is 9.99. The maximum Gasteiger partial charge on any atom is 0.176 e. The Morgan fingerprint density at radius 1 is 1.23 bits per heavy atom. The Labute approximate surface area is 133 Å². The molecule has 1 aliphatic heterocycles. The topological polar surface area (TPSA) is 38.8 Å². The summed E-state index contributed by atoms with van der Waals surface area (Å²) in [6.45, 7) is 9.78. The van der Waals surface area contributed by atoms with Crippen LogP contribution < -0.4 is 9.47 Å². The molecule has 0 N–H and O–H groups in total. The molecule has 1 saturated heterocycles. The van der Waals surface area contributed by atoms with Crippen molar-refractivity contribution in [3.8, 4) is 11.5 Å². The van der Waals surface area contributed by atoms with Gasteiger partial charge in [0.15, 0.2) is 17.3 Å². The minimum Gasteiger partial charge on any atom is -0.490 e. The van der Waals surface area contributed by atoms with Crippen LogP contribution in [0, 0.1) is 5.92 Å². The van der Waals surface area contributed by atoms with E-state index in [1.54, 1.807) is 0 Å². The van der Waals surface area contributed by atoms with Crippen LogP contribution in [0.1, 0.15) is 44.0 Å². The number of nitrogens with zero attached hydrogens (tertiary/aromatic N) is 1. The summed E-state index contributed by atoms with van der Waals surface area (Å²) in [4.78, 5) is 14.8. The molecule has 1 fully saturated rings. The molecule has 4 heteroatoms. The van der Waals surface area contributed by atoms with Crippen molar-refractivity contribution in [1.29, 1.82) is 0 Å². The molecule has 1 aromatic carbocycles. The summed E-state index contributed by atoms with van der Waals surface area (Å²) in [6, 6.07) is 5.48. The largest absolute Gasteiger partial charge is 0.490 e. The van der Waals surface area contributed by atoms with Crippen molar-refractivity contribution in [3.05, 3.63) is 23.8 Å². The smallest absolute Gasteiger partial charge is 0.176 e. The molecule has 22 heavy (non-hydrogen) atoms. The first kappa shape index (κ1) is 16.8. The molecule has 122 valence electrons. The van der Waals surface area contributed by atoms with Gasteiger partial charge in [-0.15, -0.1) is 0 Å². The number of hydrogen-bond acceptors (Lipinski definition) is 4. The van der Waals surface area contributed by atoms with Gasteiger partial charge >= 0.3 is 0 Å². The number of ketones is 1. The van der Waals surface area contributed by atoms with E-state index in [1.807, 2.05) is 32.0 Å². The fourth-order valence-electron chi connectivity index (χ4n) is 2.95.